The van der Waals surface area contributed by atoms with E-state index in [9.17, 15) is 9.59 Å². The Morgan fingerprint density at radius 1 is 1.21 bits per heavy atom. The van der Waals surface area contributed by atoms with E-state index in [0.29, 0.717) is 11.6 Å². The third-order valence-corrected chi connectivity index (χ3v) is 5.81. The van der Waals surface area contributed by atoms with Crippen LogP contribution in [0.3, 0.4) is 0 Å². The number of aromatic nitrogens is 2. The first kappa shape index (κ1) is 20.1. The molecule has 0 fully saturated rings. The van der Waals surface area contributed by atoms with Crippen LogP contribution in [-0.2, 0) is 11.2 Å². The number of likely N-dealkylation sites (N-methyl/N-ethyl adjacent to an activating group) is 1. The Labute approximate surface area is 169 Å². The van der Waals surface area contributed by atoms with Gasteiger partial charge in [0.25, 0.3) is 5.91 Å². The summed E-state index contributed by atoms with van der Waals surface area (Å²) >= 11 is 1.73. The number of carbonyl (C=O) groups is 2. The second kappa shape index (κ2) is 9.01. The molecular formula is C21H26N4O2S. The molecule has 0 aliphatic heterocycles. The minimum absolute atomic E-state index is 0.0425. The molecule has 3 rings (SSSR count). The molecule has 0 saturated carbocycles. The smallest absolute Gasteiger partial charge is 0.251 e. The number of hydrogen-bond donors (Lipinski definition) is 2. The lowest BCUT2D eigenvalue weighted by atomic mass is 10.1. The normalized spacial score (nSPS) is 11.1. The summed E-state index contributed by atoms with van der Waals surface area (Å²) < 4.78 is 2.32. The molecule has 6 nitrogen and oxygen atoms in total. The van der Waals surface area contributed by atoms with E-state index < -0.39 is 0 Å². The molecule has 0 bridgehead atoms. The van der Waals surface area contributed by atoms with Gasteiger partial charge in [-0.3, -0.25) is 9.59 Å². The summed E-state index contributed by atoms with van der Waals surface area (Å²) in [7, 11) is 1.54. The van der Waals surface area contributed by atoms with Gasteiger partial charge in [-0.15, -0.1) is 11.3 Å². The lowest BCUT2D eigenvalue weighted by Gasteiger charge is -2.18. The van der Waals surface area contributed by atoms with E-state index in [-0.39, 0.29) is 18.4 Å². The van der Waals surface area contributed by atoms with Crippen molar-refractivity contribution in [3.63, 3.8) is 0 Å². The number of carbonyl (C=O) groups excluding carboxylic acids is 2. The fourth-order valence-corrected chi connectivity index (χ4v) is 4.10. The molecule has 0 unspecified atom stereocenters. The summed E-state index contributed by atoms with van der Waals surface area (Å²) in [4.78, 5) is 29.9. The number of hydrogen-bond acceptors (Lipinski definition) is 4. The van der Waals surface area contributed by atoms with Crippen LogP contribution in [0.15, 0.2) is 35.7 Å². The molecule has 2 heterocycles. The predicted octanol–water partition coefficient (Wildman–Crippen LogP) is 3.53. The average Bonchev–Trinajstić information content (AvgIpc) is 3.34. The standard InChI is InChI=1S/C21H26N4O2S/c1-4-15(5-2)25-18-9-8-14(21(27)23-13-20(26)22-3)11-17(18)24-19(25)12-16-7-6-10-28-16/h6-11,15H,4-5,12-13H2,1-3H3,(H,22,26)(H,23,27). The summed E-state index contributed by atoms with van der Waals surface area (Å²) in [5, 5.41) is 7.20. The lowest BCUT2D eigenvalue weighted by molar-refractivity contribution is -0.119. The molecule has 0 spiro atoms. The molecule has 7 heteroatoms. The third-order valence-electron chi connectivity index (χ3n) is 4.93. The Hall–Kier alpha value is -2.67. The maximum absolute atomic E-state index is 12.4. The highest BCUT2D eigenvalue weighted by Gasteiger charge is 2.19. The number of imidazole rings is 1. The number of fused-ring (bicyclic) bond motifs is 1. The zero-order chi connectivity index (χ0) is 20.1. The zero-order valence-electron chi connectivity index (χ0n) is 16.5. The molecule has 2 N–H and O–H groups in total. The first-order valence-corrected chi connectivity index (χ1v) is 10.5. The number of amides is 2. The van der Waals surface area contributed by atoms with E-state index >= 15 is 0 Å². The average molecular weight is 399 g/mol. The van der Waals surface area contributed by atoms with E-state index in [4.69, 9.17) is 4.98 Å². The van der Waals surface area contributed by atoms with Crippen LogP contribution in [0.1, 0.15) is 53.8 Å². The number of benzene rings is 1. The fraction of sp³-hybridized carbons (Fsp3) is 0.381. The summed E-state index contributed by atoms with van der Waals surface area (Å²) in [5.41, 5.74) is 2.36. The van der Waals surface area contributed by atoms with Crippen molar-refractivity contribution in [1.29, 1.82) is 0 Å². The van der Waals surface area contributed by atoms with Crippen LogP contribution in [0.25, 0.3) is 11.0 Å². The molecule has 148 valence electrons. The number of nitrogens with zero attached hydrogens (tertiary/aromatic N) is 2. The van der Waals surface area contributed by atoms with Gasteiger partial charge in [-0.2, -0.15) is 0 Å². The van der Waals surface area contributed by atoms with Crippen LogP contribution >= 0.6 is 11.3 Å². The molecule has 0 radical (unpaired) electrons. The van der Waals surface area contributed by atoms with Crippen molar-refractivity contribution in [2.75, 3.05) is 13.6 Å². The van der Waals surface area contributed by atoms with Crippen LogP contribution in [-0.4, -0.2) is 35.0 Å². The van der Waals surface area contributed by atoms with Crippen LogP contribution < -0.4 is 10.6 Å². The van der Waals surface area contributed by atoms with Gasteiger partial charge in [0.1, 0.15) is 5.82 Å². The summed E-state index contributed by atoms with van der Waals surface area (Å²) in [5.74, 6) is 0.516. The van der Waals surface area contributed by atoms with E-state index in [0.717, 1.165) is 36.1 Å². The van der Waals surface area contributed by atoms with Gasteiger partial charge in [0.2, 0.25) is 5.91 Å². The molecule has 0 aliphatic rings. The van der Waals surface area contributed by atoms with Crippen molar-refractivity contribution in [2.45, 2.75) is 39.2 Å². The Bertz CT molecular complexity index is 958. The van der Waals surface area contributed by atoms with Gasteiger partial charge in [-0.1, -0.05) is 19.9 Å². The van der Waals surface area contributed by atoms with Crippen LogP contribution in [0.4, 0.5) is 0 Å². The van der Waals surface area contributed by atoms with Crippen molar-refractivity contribution in [2.24, 2.45) is 0 Å². The number of nitrogens with one attached hydrogen (secondary N) is 2. The SMILES string of the molecule is CCC(CC)n1c(Cc2cccs2)nc2cc(C(=O)NCC(=O)NC)ccc21. The molecular weight excluding hydrogens is 372 g/mol. The van der Waals surface area contributed by atoms with Gasteiger partial charge in [0.05, 0.1) is 17.6 Å². The number of rotatable bonds is 8. The fourth-order valence-electron chi connectivity index (χ4n) is 3.40. The molecule has 0 atom stereocenters. The third kappa shape index (κ3) is 4.25. The summed E-state index contributed by atoms with van der Waals surface area (Å²) in [6, 6.07) is 10.1. The van der Waals surface area contributed by atoms with Gasteiger partial charge in [0.15, 0.2) is 0 Å². The van der Waals surface area contributed by atoms with E-state index in [1.807, 2.05) is 12.1 Å². The van der Waals surface area contributed by atoms with Crippen molar-refractivity contribution < 1.29 is 9.59 Å². The van der Waals surface area contributed by atoms with Crippen molar-refractivity contribution >= 4 is 34.2 Å². The highest BCUT2D eigenvalue weighted by molar-refractivity contribution is 7.09. The highest BCUT2D eigenvalue weighted by Crippen LogP contribution is 2.28. The minimum Gasteiger partial charge on any atom is -0.358 e. The molecule has 0 aliphatic carbocycles. The second-order valence-electron chi connectivity index (χ2n) is 6.68. The number of thiophene rings is 1. The monoisotopic (exact) mass is 398 g/mol. The highest BCUT2D eigenvalue weighted by atomic mass is 32.1. The van der Waals surface area contributed by atoms with E-state index in [2.05, 4.69) is 46.6 Å². The first-order chi connectivity index (χ1) is 13.6. The minimum atomic E-state index is -0.276. The van der Waals surface area contributed by atoms with Gasteiger partial charge < -0.3 is 15.2 Å². The van der Waals surface area contributed by atoms with Crippen LogP contribution in [0.2, 0.25) is 0 Å². The first-order valence-electron chi connectivity index (χ1n) is 9.59. The molecule has 28 heavy (non-hydrogen) atoms. The zero-order valence-corrected chi connectivity index (χ0v) is 17.3. The summed E-state index contributed by atoms with van der Waals surface area (Å²) in [6.07, 6.45) is 2.82. The Balaban J connectivity index is 1.96. The van der Waals surface area contributed by atoms with Gasteiger partial charge >= 0.3 is 0 Å². The van der Waals surface area contributed by atoms with Gasteiger partial charge in [0, 0.05) is 30.0 Å². The Morgan fingerprint density at radius 2 is 2.00 bits per heavy atom. The van der Waals surface area contributed by atoms with Gasteiger partial charge in [-0.05, 0) is 42.5 Å². The van der Waals surface area contributed by atoms with Crippen LogP contribution in [0.5, 0.6) is 0 Å². The largest absolute Gasteiger partial charge is 0.358 e. The summed E-state index contributed by atoms with van der Waals surface area (Å²) in [6.45, 7) is 4.34. The second-order valence-corrected chi connectivity index (χ2v) is 7.72. The van der Waals surface area contributed by atoms with Crippen molar-refractivity contribution in [3.05, 3.63) is 52.0 Å². The Kier molecular flexibility index (Phi) is 6.46. The van der Waals surface area contributed by atoms with Gasteiger partial charge in [-0.25, -0.2) is 4.98 Å². The molecule has 0 saturated heterocycles. The quantitative estimate of drug-likeness (QED) is 0.609. The Morgan fingerprint density at radius 3 is 2.64 bits per heavy atom. The topological polar surface area (TPSA) is 76.0 Å². The predicted molar refractivity (Wildman–Crippen MR) is 113 cm³/mol. The lowest BCUT2D eigenvalue weighted by Crippen LogP contribution is -2.35. The molecule has 2 aromatic heterocycles. The molecule has 2 amide bonds. The van der Waals surface area contributed by atoms with Crippen molar-refractivity contribution in [3.8, 4) is 0 Å². The molecule has 1 aromatic carbocycles. The van der Waals surface area contributed by atoms with Crippen LogP contribution in [0, 0.1) is 0 Å². The molecule has 3 aromatic rings. The maximum Gasteiger partial charge on any atom is 0.251 e. The van der Waals surface area contributed by atoms with E-state index in [1.165, 1.54) is 4.88 Å². The van der Waals surface area contributed by atoms with Crippen molar-refractivity contribution in [1.82, 2.24) is 20.2 Å². The maximum atomic E-state index is 12.4. The van der Waals surface area contributed by atoms with E-state index in [1.54, 1.807) is 24.5 Å².